The van der Waals surface area contributed by atoms with E-state index in [4.69, 9.17) is 5.73 Å². The van der Waals surface area contributed by atoms with Crippen LogP contribution in [0.5, 0.6) is 0 Å². The first-order valence-electron chi connectivity index (χ1n) is 5.14. The highest BCUT2D eigenvalue weighted by Gasteiger charge is 2.32. The van der Waals surface area contributed by atoms with E-state index in [1.807, 2.05) is 0 Å². The molecule has 0 fully saturated rings. The molecule has 0 radical (unpaired) electrons. The van der Waals surface area contributed by atoms with Gasteiger partial charge in [0.1, 0.15) is 12.2 Å². The number of hydrogen-bond donors (Lipinski definition) is 1. The lowest BCUT2D eigenvalue weighted by Crippen LogP contribution is -2.28. The zero-order chi connectivity index (χ0) is 14.2. The average molecular weight is 271 g/mol. The summed E-state index contributed by atoms with van der Waals surface area (Å²) < 4.78 is 38.6. The van der Waals surface area contributed by atoms with Gasteiger partial charge in [-0.3, -0.25) is 19.1 Å². The molecule has 2 heterocycles. The summed E-state index contributed by atoms with van der Waals surface area (Å²) in [5, 5.41) is 0.314. The molecule has 0 atom stereocenters. The van der Waals surface area contributed by atoms with Gasteiger partial charge in [0.15, 0.2) is 0 Å². The third-order valence-electron chi connectivity index (χ3n) is 2.48. The normalized spacial score (nSPS) is 11.7. The summed E-state index contributed by atoms with van der Waals surface area (Å²) in [6, 6.07) is 3.20. The van der Waals surface area contributed by atoms with Crippen LogP contribution in [0, 0.1) is 0 Å². The third kappa shape index (κ3) is 2.56. The van der Waals surface area contributed by atoms with Gasteiger partial charge in [0.05, 0.1) is 5.52 Å². The quantitative estimate of drug-likeness (QED) is 0.881. The van der Waals surface area contributed by atoms with Gasteiger partial charge in [-0.2, -0.15) is 13.2 Å². The van der Waals surface area contributed by atoms with Gasteiger partial charge in [0.2, 0.25) is 5.91 Å². The summed E-state index contributed by atoms with van der Waals surface area (Å²) in [5.74, 6) is -0.819. The van der Waals surface area contributed by atoms with E-state index in [9.17, 15) is 22.8 Å². The molecule has 2 aromatic heterocycles. The van der Waals surface area contributed by atoms with Crippen molar-refractivity contribution in [2.24, 2.45) is 5.73 Å². The minimum Gasteiger partial charge on any atom is -0.368 e. The number of pyridine rings is 2. The Balaban J connectivity index is 2.74. The van der Waals surface area contributed by atoms with Gasteiger partial charge in [0, 0.05) is 17.6 Å². The lowest BCUT2D eigenvalue weighted by Gasteiger charge is -2.10. The van der Waals surface area contributed by atoms with Crippen molar-refractivity contribution < 1.29 is 18.0 Å². The number of aromatic nitrogens is 2. The molecular formula is C11H8F3N3O2. The van der Waals surface area contributed by atoms with Gasteiger partial charge in [0.25, 0.3) is 5.56 Å². The molecule has 0 aromatic carbocycles. The van der Waals surface area contributed by atoms with Crippen LogP contribution in [0.1, 0.15) is 5.69 Å². The van der Waals surface area contributed by atoms with Crippen molar-refractivity contribution in [1.82, 2.24) is 9.55 Å². The Labute approximate surface area is 104 Å². The van der Waals surface area contributed by atoms with Crippen LogP contribution in [0.3, 0.4) is 0 Å². The first-order valence-corrected chi connectivity index (χ1v) is 5.14. The molecule has 0 aliphatic rings. The summed E-state index contributed by atoms with van der Waals surface area (Å²) in [7, 11) is 0. The molecule has 8 heteroatoms. The number of fused-ring (bicyclic) bond motifs is 1. The highest BCUT2D eigenvalue weighted by molar-refractivity contribution is 5.81. The van der Waals surface area contributed by atoms with Crippen molar-refractivity contribution >= 4 is 16.8 Å². The number of carbonyl (C=O) groups is 1. The van der Waals surface area contributed by atoms with Crippen LogP contribution in [0.15, 0.2) is 29.2 Å². The number of hydrogen-bond acceptors (Lipinski definition) is 3. The summed E-state index contributed by atoms with van der Waals surface area (Å²) >= 11 is 0. The first-order chi connectivity index (χ1) is 8.79. The standard InChI is InChI=1S/C11H8F3N3O2/c12-11(13,14)8-3-7-6(4-16-8)1-2-10(19)17(7)5-9(15)18/h1-4H,5H2,(H2,15,18). The Hall–Kier alpha value is -2.38. The highest BCUT2D eigenvalue weighted by atomic mass is 19.4. The maximum Gasteiger partial charge on any atom is 0.433 e. The van der Waals surface area contributed by atoms with Crippen LogP contribution < -0.4 is 11.3 Å². The van der Waals surface area contributed by atoms with Gasteiger partial charge in [-0.15, -0.1) is 0 Å². The van der Waals surface area contributed by atoms with Crippen LogP contribution in [0.2, 0.25) is 0 Å². The van der Waals surface area contributed by atoms with Crippen molar-refractivity contribution in [3.05, 3.63) is 40.4 Å². The Kier molecular flexibility index (Phi) is 3.01. The topological polar surface area (TPSA) is 78.0 Å². The van der Waals surface area contributed by atoms with Gasteiger partial charge in [-0.25, -0.2) is 0 Å². The van der Waals surface area contributed by atoms with E-state index in [0.29, 0.717) is 5.39 Å². The fraction of sp³-hybridized carbons (Fsp3) is 0.182. The van der Waals surface area contributed by atoms with Gasteiger partial charge < -0.3 is 5.73 Å². The van der Waals surface area contributed by atoms with E-state index < -0.39 is 29.9 Å². The molecule has 2 N–H and O–H groups in total. The lowest BCUT2D eigenvalue weighted by atomic mass is 10.2. The molecule has 2 rings (SSSR count). The summed E-state index contributed by atoms with van der Waals surface area (Å²) in [6.07, 6.45) is -3.63. The largest absolute Gasteiger partial charge is 0.433 e. The van der Waals surface area contributed by atoms with Crippen molar-refractivity contribution in [3.8, 4) is 0 Å². The number of carbonyl (C=O) groups excluding carboxylic acids is 1. The van der Waals surface area contributed by atoms with Gasteiger partial charge in [-0.05, 0) is 12.1 Å². The number of nitrogens with zero attached hydrogens (tertiary/aromatic N) is 2. The molecule has 5 nitrogen and oxygen atoms in total. The number of alkyl halides is 3. The van der Waals surface area contributed by atoms with E-state index in [1.54, 1.807) is 0 Å². The van der Waals surface area contributed by atoms with Crippen molar-refractivity contribution in [1.29, 1.82) is 0 Å². The smallest absolute Gasteiger partial charge is 0.368 e. The number of rotatable bonds is 2. The third-order valence-corrected chi connectivity index (χ3v) is 2.48. The molecule has 0 spiro atoms. The maximum atomic E-state index is 12.6. The molecule has 0 saturated carbocycles. The van der Waals surface area contributed by atoms with E-state index in [1.165, 1.54) is 6.07 Å². The first kappa shape index (κ1) is 13.1. The van der Waals surface area contributed by atoms with Gasteiger partial charge in [-0.1, -0.05) is 0 Å². The van der Waals surface area contributed by atoms with Crippen LogP contribution in [-0.2, 0) is 17.5 Å². The second kappa shape index (κ2) is 4.38. The Morgan fingerprint density at radius 1 is 1.37 bits per heavy atom. The van der Waals surface area contributed by atoms with Crippen molar-refractivity contribution in [2.75, 3.05) is 0 Å². The Morgan fingerprint density at radius 3 is 2.63 bits per heavy atom. The zero-order valence-corrected chi connectivity index (χ0v) is 9.44. The molecule has 100 valence electrons. The SMILES string of the molecule is NC(=O)Cn1c(=O)ccc2cnc(C(F)(F)F)cc21. The van der Waals surface area contributed by atoms with E-state index in [2.05, 4.69) is 4.98 Å². The molecule has 1 amide bonds. The number of primary amides is 1. The summed E-state index contributed by atoms with van der Waals surface area (Å²) in [5.41, 5.74) is 3.20. The zero-order valence-electron chi connectivity index (χ0n) is 9.44. The average Bonchev–Trinajstić information content (AvgIpc) is 2.30. The van der Waals surface area contributed by atoms with Crippen LogP contribution in [-0.4, -0.2) is 15.5 Å². The lowest BCUT2D eigenvalue weighted by molar-refractivity contribution is -0.141. The molecular weight excluding hydrogens is 263 g/mol. The van der Waals surface area contributed by atoms with Gasteiger partial charge >= 0.3 is 6.18 Å². The van der Waals surface area contributed by atoms with Crippen molar-refractivity contribution in [3.63, 3.8) is 0 Å². The van der Waals surface area contributed by atoms with E-state index >= 15 is 0 Å². The second-order valence-electron chi connectivity index (χ2n) is 3.85. The summed E-state index contributed by atoms with van der Waals surface area (Å²) in [6.45, 7) is -0.489. The predicted octanol–water partition coefficient (Wildman–Crippen LogP) is 0.901. The molecule has 2 aromatic rings. The maximum absolute atomic E-state index is 12.6. The fourth-order valence-corrected chi connectivity index (χ4v) is 1.66. The second-order valence-corrected chi connectivity index (χ2v) is 3.85. The molecule has 0 unspecified atom stereocenters. The minimum atomic E-state index is -4.63. The summed E-state index contributed by atoms with van der Waals surface area (Å²) in [4.78, 5) is 25.7. The minimum absolute atomic E-state index is 0.0337. The molecule has 19 heavy (non-hydrogen) atoms. The van der Waals surface area contributed by atoms with Crippen LogP contribution in [0.4, 0.5) is 13.2 Å². The number of amides is 1. The van der Waals surface area contributed by atoms with E-state index in [-0.39, 0.29) is 5.52 Å². The van der Waals surface area contributed by atoms with Crippen LogP contribution in [0.25, 0.3) is 10.9 Å². The predicted molar refractivity (Wildman–Crippen MR) is 60.2 cm³/mol. The molecule has 0 aliphatic heterocycles. The van der Waals surface area contributed by atoms with Crippen molar-refractivity contribution in [2.45, 2.75) is 12.7 Å². The number of nitrogens with two attached hydrogens (primary N) is 1. The van der Waals surface area contributed by atoms with E-state index in [0.717, 1.165) is 22.9 Å². The molecule has 0 aliphatic carbocycles. The number of halogens is 3. The Bertz CT molecular complexity index is 706. The molecule has 0 saturated heterocycles. The Morgan fingerprint density at radius 2 is 2.05 bits per heavy atom. The molecule has 0 bridgehead atoms. The van der Waals surface area contributed by atoms with Crippen LogP contribution >= 0.6 is 0 Å². The highest BCUT2D eigenvalue weighted by Crippen LogP contribution is 2.29. The fourth-order valence-electron chi connectivity index (χ4n) is 1.66. The monoisotopic (exact) mass is 271 g/mol.